The molecule has 1 saturated carbocycles. The van der Waals surface area contributed by atoms with Crippen LogP contribution in [0.15, 0.2) is 35.1 Å². The van der Waals surface area contributed by atoms with Crippen LogP contribution in [0.3, 0.4) is 0 Å². The number of rotatable bonds is 4. The maximum atomic E-state index is 13.2. The number of hydrogen-bond acceptors (Lipinski definition) is 7. The van der Waals surface area contributed by atoms with E-state index in [1.807, 2.05) is 0 Å². The average Bonchev–Trinajstić information content (AvgIpc) is 3.16. The topological polar surface area (TPSA) is 145 Å². The molecule has 3 aromatic rings. The van der Waals surface area contributed by atoms with E-state index in [1.165, 1.54) is 0 Å². The number of hydrogen-bond donors (Lipinski definition) is 3. The minimum Gasteiger partial charge on any atom is -0.383 e. The zero-order valence-electron chi connectivity index (χ0n) is 15.8. The SMILES string of the molecule is Nc1nc(N)c2ccn(CC(=O)N3[C@@H]4C[C@@H]4C[C@H]3C(=O)Nc3cccc(Br)n3)c2n1. The van der Waals surface area contributed by atoms with Gasteiger partial charge in [-0.05, 0) is 52.9 Å². The summed E-state index contributed by atoms with van der Waals surface area (Å²) in [6, 6.07) is 6.62. The fourth-order valence-corrected chi connectivity index (χ4v) is 4.54. The van der Waals surface area contributed by atoms with E-state index in [0.717, 1.165) is 6.42 Å². The largest absolute Gasteiger partial charge is 0.383 e. The number of nitrogens with one attached hydrogen (secondary N) is 1. The van der Waals surface area contributed by atoms with E-state index < -0.39 is 6.04 Å². The number of anilines is 3. The van der Waals surface area contributed by atoms with E-state index in [-0.39, 0.29) is 36.2 Å². The molecule has 0 unspecified atom stereocenters. The zero-order valence-corrected chi connectivity index (χ0v) is 17.4. The van der Waals surface area contributed by atoms with E-state index in [0.29, 0.717) is 33.8 Å². The molecule has 30 heavy (non-hydrogen) atoms. The summed E-state index contributed by atoms with van der Waals surface area (Å²) in [7, 11) is 0. The van der Waals surface area contributed by atoms with Gasteiger partial charge >= 0.3 is 0 Å². The molecule has 0 spiro atoms. The van der Waals surface area contributed by atoms with Crippen LogP contribution in [0.5, 0.6) is 0 Å². The van der Waals surface area contributed by atoms with Crippen molar-refractivity contribution in [2.24, 2.45) is 5.92 Å². The van der Waals surface area contributed by atoms with Crippen LogP contribution in [-0.2, 0) is 16.1 Å². The average molecular weight is 471 g/mol. The summed E-state index contributed by atoms with van der Waals surface area (Å²) >= 11 is 3.29. The number of nitrogens with zero attached hydrogens (tertiary/aromatic N) is 5. The van der Waals surface area contributed by atoms with Crippen molar-refractivity contribution in [3.05, 3.63) is 35.1 Å². The minimum atomic E-state index is -0.520. The molecule has 1 saturated heterocycles. The monoisotopic (exact) mass is 470 g/mol. The van der Waals surface area contributed by atoms with Gasteiger partial charge in [-0.3, -0.25) is 9.59 Å². The van der Waals surface area contributed by atoms with Crippen molar-refractivity contribution in [3.8, 4) is 0 Å². The first-order chi connectivity index (χ1) is 14.4. The lowest BCUT2D eigenvalue weighted by atomic mass is 10.1. The number of aromatic nitrogens is 4. The Balaban J connectivity index is 1.36. The Bertz CT molecular complexity index is 1180. The van der Waals surface area contributed by atoms with Crippen molar-refractivity contribution in [2.45, 2.75) is 31.5 Å². The molecule has 3 aromatic heterocycles. The van der Waals surface area contributed by atoms with E-state index in [1.54, 1.807) is 39.9 Å². The molecule has 1 aliphatic heterocycles. The number of halogens is 1. The van der Waals surface area contributed by atoms with Gasteiger partial charge in [-0.1, -0.05) is 6.07 Å². The van der Waals surface area contributed by atoms with Crippen LogP contribution in [0.2, 0.25) is 0 Å². The number of likely N-dealkylation sites (tertiary alicyclic amines) is 1. The Morgan fingerprint density at radius 3 is 2.80 bits per heavy atom. The smallest absolute Gasteiger partial charge is 0.248 e. The molecule has 1 aliphatic carbocycles. The van der Waals surface area contributed by atoms with Gasteiger partial charge in [0.25, 0.3) is 0 Å². The molecule has 0 radical (unpaired) electrons. The van der Waals surface area contributed by atoms with Gasteiger partial charge in [-0.25, -0.2) is 4.98 Å². The Morgan fingerprint density at radius 1 is 1.17 bits per heavy atom. The van der Waals surface area contributed by atoms with Crippen molar-refractivity contribution < 1.29 is 9.59 Å². The van der Waals surface area contributed by atoms with Gasteiger partial charge in [0, 0.05) is 12.2 Å². The van der Waals surface area contributed by atoms with Crippen LogP contribution < -0.4 is 16.8 Å². The molecule has 2 aliphatic rings. The Hall–Kier alpha value is -3.21. The summed E-state index contributed by atoms with van der Waals surface area (Å²) in [5, 5.41) is 3.46. The number of piperidine rings is 1. The van der Waals surface area contributed by atoms with Crippen molar-refractivity contribution >= 4 is 56.4 Å². The number of nitrogen functional groups attached to an aromatic ring is 2. The standard InChI is InChI=1S/C19H19BrN8O2/c20-13-2-1-3-14(23-13)24-18(30)12-7-9-6-11(9)28(12)15(29)8-27-5-4-10-16(21)25-19(22)26-17(10)27/h1-5,9,11-12H,6-8H2,(H,23,24,30)(H4,21,22,25,26)/t9-,11-,12+/m1/s1. The van der Waals surface area contributed by atoms with Crippen LogP contribution in [0.25, 0.3) is 11.0 Å². The van der Waals surface area contributed by atoms with E-state index >= 15 is 0 Å². The van der Waals surface area contributed by atoms with E-state index in [4.69, 9.17) is 11.5 Å². The molecule has 5 rings (SSSR count). The molecule has 0 bridgehead atoms. The van der Waals surface area contributed by atoms with Crippen molar-refractivity contribution in [1.82, 2.24) is 24.4 Å². The van der Waals surface area contributed by atoms with Crippen LogP contribution >= 0.6 is 15.9 Å². The number of carbonyl (C=O) groups is 2. The number of nitrogens with two attached hydrogens (primary N) is 2. The normalized spacial score (nSPS) is 22.2. The molecule has 3 atom stereocenters. The van der Waals surface area contributed by atoms with Gasteiger partial charge in [0.15, 0.2) is 0 Å². The highest BCUT2D eigenvalue weighted by Crippen LogP contribution is 2.48. The van der Waals surface area contributed by atoms with Gasteiger partial charge in [-0.2, -0.15) is 9.97 Å². The maximum Gasteiger partial charge on any atom is 0.248 e. The van der Waals surface area contributed by atoms with Crippen molar-refractivity contribution in [2.75, 3.05) is 16.8 Å². The van der Waals surface area contributed by atoms with Crippen molar-refractivity contribution in [1.29, 1.82) is 0 Å². The summed E-state index contributed by atoms with van der Waals surface area (Å²) in [6.45, 7) is 0.0432. The van der Waals surface area contributed by atoms with Crippen molar-refractivity contribution in [3.63, 3.8) is 0 Å². The third-order valence-corrected chi connectivity index (χ3v) is 6.07. The highest BCUT2D eigenvalue weighted by Gasteiger charge is 2.56. The predicted octanol–water partition coefficient (Wildman–Crippen LogP) is 1.38. The van der Waals surface area contributed by atoms with Crippen LogP contribution in [-0.4, -0.2) is 48.3 Å². The molecular weight excluding hydrogens is 452 g/mol. The third-order valence-electron chi connectivity index (χ3n) is 5.63. The Labute approximate surface area is 179 Å². The molecular formula is C19H19BrN8O2. The second kappa shape index (κ2) is 6.94. The first-order valence-electron chi connectivity index (χ1n) is 9.53. The van der Waals surface area contributed by atoms with Gasteiger partial charge < -0.3 is 26.3 Å². The first-order valence-corrected chi connectivity index (χ1v) is 10.3. The molecule has 4 heterocycles. The molecule has 11 heteroatoms. The lowest BCUT2D eigenvalue weighted by Crippen LogP contribution is -2.46. The molecule has 2 fully saturated rings. The van der Waals surface area contributed by atoms with E-state index in [9.17, 15) is 9.59 Å². The molecule has 2 amide bonds. The minimum absolute atomic E-state index is 0.0432. The second-order valence-corrected chi connectivity index (χ2v) is 8.41. The summed E-state index contributed by atoms with van der Waals surface area (Å²) in [5.41, 5.74) is 12.1. The Morgan fingerprint density at radius 2 is 2.00 bits per heavy atom. The predicted molar refractivity (Wildman–Crippen MR) is 114 cm³/mol. The fraction of sp³-hybridized carbons (Fsp3) is 0.316. The molecule has 0 aromatic carbocycles. The molecule has 154 valence electrons. The maximum absolute atomic E-state index is 13.2. The van der Waals surface area contributed by atoms with Crippen LogP contribution in [0, 0.1) is 5.92 Å². The summed E-state index contributed by atoms with van der Waals surface area (Å²) in [6.07, 6.45) is 3.32. The van der Waals surface area contributed by atoms with Gasteiger partial charge in [0.05, 0.1) is 5.39 Å². The summed E-state index contributed by atoms with van der Waals surface area (Å²) in [4.78, 5) is 40.2. The number of carbonyl (C=O) groups excluding carboxylic acids is 2. The zero-order chi connectivity index (χ0) is 21.0. The number of pyridine rings is 1. The lowest BCUT2D eigenvalue weighted by molar-refractivity contribution is -0.138. The highest BCUT2D eigenvalue weighted by atomic mass is 79.9. The quantitative estimate of drug-likeness (QED) is 0.488. The third kappa shape index (κ3) is 3.24. The van der Waals surface area contributed by atoms with Gasteiger partial charge in [-0.15, -0.1) is 0 Å². The highest BCUT2D eigenvalue weighted by molar-refractivity contribution is 9.10. The fourth-order valence-electron chi connectivity index (χ4n) is 4.20. The second-order valence-electron chi connectivity index (χ2n) is 7.60. The van der Waals surface area contributed by atoms with Gasteiger partial charge in [0.1, 0.15) is 34.5 Å². The molecule has 10 nitrogen and oxygen atoms in total. The first kappa shape index (κ1) is 18.8. The molecule has 5 N–H and O–H groups in total. The van der Waals surface area contributed by atoms with E-state index in [2.05, 4.69) is 36.2 Å². The van der Waals surface area contributed by atoms with Gasteiger partial charge in [0.2, 0.25) is 17.8 Å². The summed E-state index contributed by atoms with van der Waals surface area (Å²) < 4.78 is 2.31. The Kier molecular flexibility index (Phi) is 4.35. The number of amides is 2. The van der Waals surface area contributed by atoms with Crippen LogP contribution in [0.4, 0.5) is 17.6 Å². The summed E-state index contributed by atoms with van der Waals surface area (Å²) in [5.74, 6) is 0.766. The lowest BCUT2D eigenvalue weighted by Gasteiger charge is -2.27. The number of fused-ring (bicyclic) bond motifs is 2. The van der Waals surface area contributed by atoms with Crippen LogP contribution in [0.1, 0.15) is 12.8 Å².